The van der Waals surface area contributed by atoms with E-state index in [-0.39, 0.29) is 25.0 Å². The molecular weight excluding hydrogens is 310 g/mol. The number of ether oxygens (including phenoxy) is 2. The third-order valence-corrected chi connectivity index (χ3v) is 4.14. The number of likely N-dealkylation sites (tertiary alicyclic amines) is 1. The van der Waals surface area contributed by atoms with Gasteiger partial charge in [0.1, 0.15) is 0 Å². The standard InChI is InChI=1S/C18H25NO5/c1-2-23-15-8-3-4-9-16(15)24-13-17(20)19-12-6-5-7-14(19)10-11-18(21)22/h3-4,8-9,14H,2,5-7,10-13H2,1H3,(H,21,22). The van der Waals surface area contributed by atoms with E-state index in [0.717, 1.165) is 19.3 Å². The summed E-state index contributed by atoms with van der Waals surface area (Å²) < 4.78 is 11.1. The Kier molecular flexibility index (Phi) is 6.90. The molecule has 132 valence electrons. The summed E-state index contributed by atoms with van der Waals surface area (Å²) in [5.74, 6) is 0.243. The van der Waals surface area contributed by atoms with Crippen molar-refractivity contribution < 1.29 is 24.2 Å². The highest BCUT2D eigenvalue weighted by molar-refractivity contribution is 5.78. The van der Waals surface area contributed by atoms with E-state index in [0.29, 0.717) is 31.1 Å². The summed E-state index contributed by atoms with van der Waals surface area (Å²) in [6.45, 7) is 3.02. The monoisotopic (exact) mass is 335 g/mol. The van der Waals surface area contributed by atoms with Crippen molar-refractivity contribution in [2.75, 3.05) is 19.8 Å². The van der Waals surface area contributed by atoms with E-state index < -0.39 is 5.97 Å². The van der Waals surface area contributed by atoms with Crippen LogP contribution in [0.3, 0.4) is 0 Å². The van der Waals surface area contributed by atoms with Crippen LogP contribution in [0.1, 0.15) is 39.0 Å². The molecule has 1 aliphatic heterocycles. The number of nitrogens with zero attached hydrogens (tertiary/aromatic N) is 1. The molecule has 1 aromatic rings. The van der Waals surface area contributed by atoms with Crippen LogP contribution in [-0.2, 0) is 9.59 Å². The van der Waals surface area contributed by atoms with Crippen molar-refractivity contribution in [2.24, 2.45) is 0 Å². The van der Waals surface area contributed by atoms with Gasteiger partial charge in [0.05, 0.1) is 6.61 Å². The van der Waals surface area contributed by atoms with Gasteiger partial charge in [-0.15, -0.1) is 0 Å². The molecule has 0 aliphatic carbocycles. The first-order chi connectivity index (χ1) is 11.6. The van der Waals surface area contributed by atoms with E-state index in [1.54, 1.807) is 17.0 Å². The van der Waals surface area contributed by atoms with Gasteiger partial charge in [-0.1, -0.05) is 12.1 Å². The molecular formula is C18H25NO5. The SMILES string of the molecule is CCOc1ccccc1OCC(=O)N1CCCCC1CCC(=O)O. The summed E-state index contributed by atoms with van der Waals surface area (Å²) in [6.07, 6.45) is 3.42. The van der Waals surface area contributed by atoms with Crippen molar-refractivity contribution in [1.82, 2.24) is 4.90 Å². The zero-order chi connectivity index (χ0) is 17.4. The van der Waals surface area contributed by atoms with Gasteiger partial charge in [0.25, 0.3) is 5.91 Å². The van der Waals surface area contributed by atoms with Crippen LogP contribution in [0.4, 0.5) is 0 Å². The Morgan fingerprint density at radius 1 is 1.21 bits per heavy atom. The summed E-state index contributed by atoms with van der Waals surface area (Å²) in [5, 5.41) is 8.86. The lowest BCUT2D eigenvalue weighted by Gasteiger charge is -2.35. The number of aliphatic carboxylic acids is 1. The van der Waals surface area contributed by atoms with Gasteiger partial charge in [-0.25, -0.2) is 0 Å². The number of hydrogen-bond donors (Lipinski definition) is 1. The number of carbonyl (C=O) groups excluding carboxylic acids is 1. The highest BCUT2D eigenvalue weighted by Gasteiger charge is 2.27. The first kappa shape index (κ1) is 18.1. The summed E-state index contributed by atoms with van der Waals surface area (Å²) in [5.41, 5.74) is 0. The van der Waals surface area contributed by atoms with Crippen LogP contribution < -0.4 is 9.47 Å². The largest absolute Gasteiger partial charge is 0.490 e. The Morgan fingerprint density at radius 3 is 2.58 bits per heavy atom. The number of amides is 1. The van der Waals surface area contributed by atoms with Crippen LogP contribution in [0.5, 0.6) is 11.5 Å². The van der Waals surface area contributed by atoms with Crippen LogP contribution in [0.25, 0.3) is 0 Å². The summed E-state index contributed by atoms with van der Waals surface area (Å²) in [4.78, 5) is 25.1. The minimum absolute atomic E-state index is 0.00640. The molecule has 1 atom stereocenters. The van der Waals surface area contributed by atoms with E-state index in [1.807, 2.05) is 19.1 Å². The number of benzene rings is 1. The molecule has 6 heteroatoms. The van der Waals surface area contributed by atoms with Crippen LogP contribution in [-0.4, -0.2) is 47.7 Å². The summed E-state index contributed by atoms with van der Waals surface area (Å²) >= 11 is 0. The lowest BCUT2D eigenvalue weighted by atomic mass is 9.98. The van der Waals surface area contributed by atoms with Gasteiger partial charge >= 0.3 is 5.97 Å². The second kappa shape index (κ2) is 9.15. The molecule has 1 unspecified atom stereocenters. The second-order valence-electron chi connectivity index (χ2n) is 5.84. The maximum absolute atomic E-state index is 12.5. The van der Waals surface area contributed by atoms with E-state index in [2.05, 4.69) is 0 Å². The quantitative estimate of drug-likeness (QED) is 0.790. The Balaban J connectivity index is 1.93. The van der Waals surface area contributed by atoms with E-state index in [4.69, 9.17) is 14.6 Å². The van der Waals surface area contributed by atoms with Crippen LogP contribution in [0, 0.1) is 0 Å². The molecule has 0 spiro atoms. The highest BCUT2D eigenvalue weighted by Crippen LogP contribution is 2.27. The van der Waals surface area contributed by atoms with Crippen molar-refractivity contribution in [2.45, 2.75) is 45.1 Å². The zero-order valence-corrected chi connectivity index (χ0v) is 14.1. The Bertz CT molecular complexity index is 560. The Labute approximate surface area is 142 Å². The Morgan fingerprint density at radius 2 is 1.92 bits per heavy atom. The second-order valence-corrected chi connectivity index (χ2v) is 5.84. The smallest absolute Gasteiger partial charge is 0.303 e. The number of carbonyl (C=O) groups is 2. The average Bonchev–Trinajstić information content (AvgIpc) is 2.59. The lowest BCUT2D eigenvalue weighted by Crippen LogP contribution is -2.46. The number of rotatable bonds is 8. The van der Waals surface area contributed by atoms with Gasteiger partial charge in [-0.3, -0.25) is 9.59 Å². The normalized spacial score (nSPS) is 17.4. The number of hydrogen-bond acceptors (Lipinski definition) is 4. The van der Waals surface area contributed by atoms with Crippen molar-refractivity contribution >= 4 is 11.9 Å². The minimum atomic E-state index is -0.824. The maximum Gasteiger partial charge on any atom is 0.303 e. The number of para-hydroxylation sites is 2. The van der Waals surface area contributed by atoms with Crippen molar-refractivity contribution in [3.8, 4) is 11.5 Å². The molecule has 24 heavy (non-hydrogen) atoms. The minimum Gasteiger partial charge on any atom is -0.490 e. The maximum atomic E-state index is 12.5. The molecule has 1 amide bonds. The number of carboxylic acids is 1. The molecule has 0 bridgehead atoms. The van der Waals surface area contributed by atoms with Gasteiger partial charge in [-0.05, 0) is 44.7 Å². The van der Waals surface area contributed by atoms with E-state index in [9.17, 15) is 9.59 Å². The van der Waals surface area contributed by atoms with Crippen molar-refractivity contribution in [3.05, 3.63) is 24.3 Å². The summed E-state index contributed by atoms with van der Waals surface area (Å²) in [7, 11) is 0. The molecule has 2 rings (SSSR count). The molecule has 1 aliphatic rings. The predicted octanol–water partition coefficient (Wildman–Crippen LogP) is 2.71. The van der Waals surface area contributed by atoms with Gasteiger partial charge in [0.15, 0.2) is 18.1 Å². The fourth-order valence-corrected chi connectivity index (χ4v) is 2.99. The van der Waals surface area contributed by atoms with Gasteiger partial charge in [0, 0.05) is 19.0 Å². The van der Waals surface area contributed by atoms with E-state index >= 15 is 0 Å². The molecule has 0 saturated carbocycles. The molecule has 1 heterocycles. The molecule has 0 aromatic heterocycles. The van der Waals surface area contributed by atoms with Gasteiger partial charge < -0.3 is 19.5 Å². The molecule has 1 fully saturated rings. The fourth-order valence-electron chi connectivity index (χ4n) is 2.99. The summed E-state index contributed by atoms with van der Waals surface area (Å²) in [6, 6.07) is 7.26. The molecule has 1 N–H and O–H groups in total. The highest BCUT2D eigenvalue weighted by atomic mass is 16.5. The number of carboxylic acid groups (broad SMARTS) is 1. The molecule has 1 aromatic carbocycles. The zero-order valence-electron chi connectivity index (χ0n) is 14.1. The third kappa shape index (κ3) is 5.15. The first-order valence-electron chi connectivity index (χ1n) is 8.47. The van der Waals surface area contributed by atoms with Crippen LogP contribution in [0.2, 0.25) is 0 Å². The topological polar surface area (TPSA) is 76.1 Å². The van der Waals surface area contributed by atoms with E-state index in [1.165, 1.54) is 0 Å². The van der Waals surface area contributed by atoms with Crippen LogP contribution in [0.15, 0.2) is 24.3 Å². The molecule has 1 saturated heterocycles. The van der Waals surface area contributed by atoms with Gasteiger partial charge in [0.2, 0.25) is 0 Å². The molecule has 0 radical (unpaired) electrons. The molecule has 6 nitrogen and oxygen atoms in total. The van der Waals surface area contributed by atoms with Crippen molar-refractivity contribution in [1.29, 1.82) is 0 Å². The van der Waals surface area contributed by atoms with Crippen LogP contribution >= 0.6 is 0 Å². The average molecular weight is 335 g/mol. The lowest BCUT2D eigenvalue weighted by molar-refractivity contribution is -0.141. The Hall–Kier alpha value is -2.24. The third-order valence-electron chi connectivity index (χ3n) is 4.14. The fraction of sp³-hybridized carbons (Fsp3) is 0.556. The van der Waals surface area contributed by atoms with Crippen molar-refractivity contribution in [3.63, 3.8) is 0 Å². The number of piperidine rings is 1. The van der Waals surface area contributed by atoms with Gasteiger partial charge in [-0.2, -0.15) is 0 Å². The predicted molar refractivity (Wildman–Crippen MR) is 89.3 cm³/mol. The first-order valence-corrected chi connectivity index (χ1v) is 8.47.